The van der Waals surface area contributed by atoms with Crippen molar-refractivity contribution in [1.29, 1.82) is 0 Å². The minimum Gasteiger partial charge on any atom is -0.339 e. The molecule has 0 aliphatic carbocycles. The molecule has 1 N–H and O–H groups in total. The molecule has 3 aromatic heterocycles. The molecule has 43 heavy (non-hydrogen) atoms. The standard InChI is InChI=1S/C30H31F3N8O2/c1-6-22(25(17(3)4)34-7-2)26-35-12-23-28(38-26)41(29(43)36-23)13-19-8-10-20(11-9-19)27-37-24(30(31,32)33)16-40(27)21-14-39(15-21)18(5)42/h6-12,16-17,21H,2,13-15H2,1,3-5H3,(H,36,43)/b22-6+,34-25?. The molecule has 13 heteroatoms. The number of carbonyl (C=O) groups is 1. The molecule has 1 amide bonds. The number of aromatic amines is 1. The number of likely N-dealkylation sites (tertiary alicyclic amines) is 1. The van der Waals surface area contributed by atoms with E-state index in [1.807, 2.05) is 26.8 Å². The van der Waals surface area contributed by atoms with Gasteiger partial charge in [-0.3, -0.25) is 14.4 Å². The number of carbonyl (C=O) groups excluding carboxylic acids is 1. The third-order valence-electron chi connectivity index (χ3n) is 7.37. The van der Waals surface area contributed by atoms with E-state index >= 15 is 0 Å². The van der Waals surface area contributed by atoms with Crippen LogP contribution < -0.4 is 5.69 Å². The Morgan fingerprint density at radius 2 is 1.91 bits per heavy atom. The van der Waals surface area contributed by atoms with E-state index in [9.17, 15) is 22.8 Å². The highest BCUT2D eigenvalue weighted by Gasteiger charge is 2.38. The van der Waals surface area contributed by atoms with E-state index in [2.05, 4.69) is 26.5 Å². The second-order valence-corrected chi connectivity index (χ2v) is 10.6. The lowest BCUT2D eigenvalue weighted by molar-refractivity contribution is -0.141. The topological polar surface area (TPSA) is 114 Å². The van der Waals surface area contributed by atoms with Crippen LogP contribution in [0.2, 0.25) is 0 Å². The average Bonchev–Trinajstić information content (AvgIpc) is 3.49. The van der Waals surface area contributed by atoms with Gasteiger partial charge in [-0.25, -0.2) is 19.7 Å². The maximum atomic E-state index is 13.6. The Hall–Kier alpha value is -4.81. The Balaban J connectivity index is 1.46. The minimum atomic E-state index is -4.61. The number of halogens is 3. The summed E-state index contributed by atoms with van der Waals surface area (Å²) in [6, 6.07) is 6.52. The van der Waals surface area contributed by atoms with Gasteiger partial charge in [-0.1, -0.05) is 50.8 Å². The molecule has 1 aliphatic heterocycles. The first-order valence-electron chi connectivity index (χ1n) is 13.7. The van der Waals surface area contributed by atoms with Gasteiger partial charge in [0.2, 0.25) is 5.91 Å². The minimum absolute atomic E-state index is 0.0793. The molecule has 224 valence electrons. The Morgan fingerprint density at radius 1 is 1.21 bits per heavy atom. The number of alkyl halides is 3. The molecule has 4 aromatic rings. The summed E-state index contributed by atoms with van der Waals surface area (Å²) in [6.45, 7) is 11.8. The number of hydrogen-bond acceptors (Lipinski definition) is 6. The van der Waals surface area contributed by atoms with Gasteiger partial charge in [0, 0.05) is 43.5 Å². The first-order chi connectivity index (χ1) is 20.4. The van der Waals surface area contributed by atoms with E-state index in [-0.39, 0.29) is 35.9 Å². The third-order valence-corrected chi connectivity index (χ3v) is 7.37. The predicted octanol–water partition coefficient (Wildman–Crippen LogP) is 5.10. The van der Waals surface area contributed by atoms with Crippen molar-refractivity contribution in [2.24, 2.45) is 10.9 Å². The first kappa shape index (κ1) is 29.7. The van der Waals surface area contributed by atoms with Crippen molar-refractivity contribution >= 4 is 28.4 Å². The summed E-state index contributed by atoms with van der Waals surface area (Å²) in [4.78, 5) is 46.3. The second kappa shape index (κ2) is 11.5. The van der Waals surface area contributed by atoms with Gasteiger partial charge in [-0.15, -0.1) is 0 Å². The lowest BCUT2D eigenvalue weighted by Gasteiger charge is -2.39. The zero-order valence-electron chi connectivity index (χ0n) is 24.2. The summed E-state index contributed by atoms with van der Waals surface area (Å²) in [6.07, 6.45) is 1.28. The van der Waals surface area contributed by atoms with Crippen molar-refractivity contribution in [2.45, 2.75) is 46.5 Å². The lowest BCUT2D eigenvalue weighted by atomic mass is 9.99. The average molecular weight is 593 g/mol. The van der Waals surface area contributed by atoms with Crippen LogP contribution in [0.25, 0.3) is 28.1 Å². The van der Waals surface area contributed by atoms with Crippen LogP contribution in [-0.4, -0.2) is 58.7 Å². The van der Waals surface area contributed by atoms with Crippen molar-refractivity contribution in [3.8, 4) is 11.4 Å². The fourth-order valence-corrected chi connectivity index (χ4v) is 5.09. The summed E-state index contributed by atoms with van der Waals surface area (Å²) in [5.74, 6) is 0.528. The van der Waals surface area contributed by atoms with E-state index in [4.69, 9.17) is 4.98 Å². The lowest BCUT2D eigenvalue weighted by Crippen LogP contribution is -2.49. The number of allylic oxidation sites excluding steroid dienone is 2. The van der Waals surface area contributed by atoms with Gasteiger partial charge in [0.1, 0.15) is 11.3 Å². The molecule has 4 heterocycles. The number of fused-ring (bicyclic) bond motifs is 1. The molecule has 0 unspecified atom stereocenters. The number of hydrogen-bond donors (Lipinski definition) is 1. The summed E-state index contributed by atoms with van der Waals surface area (Å²) in [5.41, 5.74) is 2.22. The highest BCUT2D eigenvalue weighted by Crippen LogP contribution is 2.35. The maximum absolute atomic E-state index is 13.6. The van der Waals surface area contributed by atoms with Crippen molar-refractivity contribution in [3.05, 3.63) is 83.1 Å². The molecule has 0 atom stereocenters. The Labute approximate surface area is 245 Å². The summed E-state index contributed by atoms with van der Waals surface area (Å²) < 4.78 is 43.6. The van der Waals surface area contributed by atoms with Crippen molar-refractivity contribution in [2.75, 3.05) is 13.1 Å². The van der Waals surface area contributed by atoms with Crippen LogP contribution >= 0.6 is 0 Å². The molecule has 0 saturated carbocycles. The number of aromatic nitrogens is 6. The fraction of sp³-hybridized carbons (Fsp3) is 0.333. The zero-order chi connectivity index (χ0) is 31.1. The van der Waals surface area contributed by atoms with E-state index in [0.717, 1.165) is 23.0 Å². The van der Waals surface area contributed by atoms with Crippen LogP contribution in [0.4, 0.5) is 13.2 Å². The molecule has 5 rings (SSSR count). The van der Waals surface area contributed by atoms with Crippen molar-refractivity contribution in [1.82, 2.24) is 34.0 Å². The van der Waals surface area contributed by atoms with Crippen LogP contribution in [0, 0.1) is 5.92 Å². The van der Waals surface area contributed by atoms with Gasteiger partial charge in [-0.2, -0.15) is 13.2 Å². The number of rotatable bonds is 8. The normalized spacial score (nSPS) is 14.9. The first-order valence-corrected chi connectivity index (χ1v) is 13.7. The second-order valence-electron chi connectivity index (χ2n) is 10.6. The van der Waals surface area contributed by atoms with Crippen LogP contribution in [0.1, 0.15) is 50.8 Å². The van der Waals surface area contributed by atoms with Crippen molar-refractivity contribution < 1.29 is 18.0 Å². The van der Waals surface area contributed by atoms with Crippen LogP contribution in [0.5, 0.6) is 0 Å². The maximum Gasteiger partial charge on any atom is 0.434 e. The van der Waals surface area contributed by atoms with Gasteiger partial charge < -0.3 is 14.5 Å². The smallest absolute Gasteiger partial charge is 0.339 e. The molecule has 0 spiro atoms. The predicted molar refractivity (Wildman–Crippen MR) is 157 cm³/mol. The number of imidazole rings is 2. The largest absolute Gasteiger partial charge is 0.434 e. The molecule has 1 fully saturated rings. The molecule has 1 aromatic carbocycles. The van der Waals surface area contributed by atoms with Crippen LogP contribution in [-0.2, 0) is 17.5 Å². The number of amides is 1. The molecular formula is C30H31F3N8O2. The van der Waals surface area contributed by atoms with Gasteiger partial charge >= 0.3 is 11.9 Å². The molecule has 0 radical (unpaired) electrons. The number of benzene rings is 1. The SMILES string of the molecule is C=CN=C(/C(=C\C)c1ncc2[nH]c(=O)n(Cc3ccc(-c4nc(C(F)(F)F)cn4C4CN(C(C)=O)C4)cc3)c2n1)C(C)C. The molecule has 1 aliphatic rings. The monoisotopic (exact) mass is 592 g/mol. The molecule has 1 saturated heterocycles. The van der Waals surface area contributed by atoms with Gasteiger partial charge in [0.05, 0.1) is 24.5 Å². The summed E-state index contributed by atoms with van der Waals surface area (Å²) >= 11 is 0. The van der Waals surface area contributed by atoms with Crippen LogP contribution in [0.3, 0.4) is 0 Å². The number of aliphatic imine (C=N–C) groups is 1. The number of nitrogens with one attached hydrogen (secondary N) is 1. The fourth-order valence-electron chi connectivity index (χ4n) is 5.09. The van der Waals surface area contributed by atoms with E-state index in [0.29, 0.717) is 35.6 Å². The van der Waals surface area contributed by atoms with Gasteiger partial charge in [0.15, 0.2) is 17.2 Å². The van der Waals surface area contributed by atoms with E-state index < -0.39 is 11.9 Å². The number of H-pyrrole nitrogens is 1. The summed E-state index contributed by atoms with van der Waals surface area (Å²) in [7, 11) is 0. The number of nitrogens with zero attached hydrogens (tertiary/aromatic N) is 7. The van der Waals surface area contributed by atoms with E-state index in [1.165, 1.54) is 22.3 Å². The zero-order valence-corrected chi connectivity index (χ0v) is 24.2. The Morgan fingerprint density at radius 3 is 2.49 bits per heavy atom. The molecular weight excluding hydrogens is 561 g/mol. The van der Waals surface area contributed by atoms with Crippen LogP contribution in [0.15, 0.2) is 65.3 Å². The third kappa shape index (κ3) is 5.79. The Kier molecular flexibility index (Phi) is 7.91. The van der Waals surface area contributed by atoms with E-state index in [1.54, 1.807) is 35.4 Å². The van der Waals surface area contributed by atoms with Gasteiger partial charge in [0.25, 0.3) is 0 Å². The molecule has 0 bridgehead atoms. The summed E-state index contributed by atoms with van der Waals surface area (Å²) in [5, 5.41) is 0. The highest BCUT2D eigenvalue weighted by molar-refractivity contribution is 6.24. The van der Waals surface area contributed by atoms with Crippen molar-refractivity contribution in [3.63, 3.8) is 0 Å². The van der Waals surface area contributed by atoms with Gasteiger partial charge in [-0.05, 0) is 18.4 Å². The highest BCUT2D eigenvalue weighted by atomic mass is 19.4. The Bertz CT molecular complexity index is 1800. The quantitative estimate of drug-likeness (QED) is 0.286. The molecule has 10 nitrogen and oxygen atoms in total.